The molecule has 4 nitrogen and oxygen atoms in total. The van der Waals surface area contributed by atoms with Gasteiger partial charge in [-0.05, 0) is 68.1 Å². The minimum atomic E-state index is -3.02. The van der Waals surface area contributed by atoms with E-state index in [1.54, 1.807) is 0 Å². The van der Waals surface area contributed by atoms with E-state index in [-0.39, 0.29) is 5.41 Å². The molecule has 59 heavy (non-hydrogen) atoms. The predicted octanol–water partition coefficient (Wildman–Crippen LogP) is 10.9. The highest BCUT2D eigenvalue weighted by atomic mass is 32.1. The van der Waals surface area contributed by atoms with Crippen LogP contribution in [0.5, 0.6) is 0 Å². The van der Waals surface area contributed by atoms with E-state index in [0.29, 0.717) is 0 Å². The number of rotatable bonds is 5. The third kappa shape index (κ3) is 4.81. The minimum absolute atomic E-state index is 0.260. The normalized spacial score (nSPS) is 13.7. The van der Waals surface area contributed by atoms with Crippen molar-refractivity contribution in [3.05, 3.63) is 206 Å². The second-order valence-electron chi connectivity index (χ2n) is 16.2. The molecule has 12 rings (SSSR count). The highest BCUT2D eigenvalue weighted by Crippen LogP contribution is 2.55. The van der Waals surface area contributed by atoms with Crippen LogP contribution in [0.3, 0.4) is 0 Å². The van der Waals surface area contributed by atoms with Gasteiger partial charge in [0, 0.05) is 66.2 Å². The van der Waals surface area contributed by atoms with E-state index in [2.05, 4.69) is 205 Å². The summed E-state index contributed by atoms with van der Waals surface area (Å²) in [5.41, 5.74) is 6.72. The van der Waals surface area contributed by atoms with Crippen molar-refractivity contribution in [1.29, 1.82) is 0 Å². The Morgan fingerprint density at radius 2 is 1.22 bits per heavy atom. The standard InChI is InChI=1S/C53H38N4SSi/c1-53(2)44-28-29-48-49(42-22-10-12-25-47(42)58-48)50(44)57(52-45(53)23-14-30-54-52)35-15-13-20-38(33-35)59(36-16-5-3-6-17-36,37-18-7-4-8-19-37)39-26-27-40-41-21-9-11-24-46(41)56-32-31-55-51(56)43(40)34-39/h3-34H,1-2H3. The number of anilines is 3. The molecular weight excluding hydrogens is 753 g/mol. The number of thiophene rings is 1. The summed E-state index contributed by atoms with van der Waals surface area (Å²) < 4.78 is 4.82. The first-order valence-electron chi connectivity index (χ1n) is 20.2. The Labute approximate surface area is 347 Å². The number of para-hydroxylation sites is 1. The molecule has 0 unspecified atom stereocenters. The van der Waals surface area contributed by atoms with Crippen LogP contribution in [0.2, 0.25) is 0 Å². The Morgan fingerprint density at radius 1 is 0.508 bits per heavy atom. The second-order valence-corrected chi connectivity index (χ2v) is 21.1. The molecule has 7 aromatic carbocycles. The van der Waals surface area contributed by atoms with Crippen LogP contribution in [0.15, 0.2) is 195 Å². The Balaban J connectivity index is 1.18. The largest absolute Gasteiger partial charge is 0.299 e. The SMILES string of the molecule is CC1(C)c2cccnc2N(c2cccc([Si](c3ccccc3)(c3ccccc3)c3ccc4c5ccccc5n5ccnc5c4c3)c2)c2c1ccc1sc3ccccc3c21. The van der Waals surface area contributed by atoms with Crippen LogP contribution < -0.4 is 25.6 Å². The van der Waals surface area contributed by atoms with Gasteiger partial charge in [0.1, 0.15) is 11.5 Å². The van der Waals surface area contributed by atoms with Crippen LogP contribution in [-0.4, -0.2) is 22.4 Å². The quantitative estimate of drug-likeness (QED) is 0.0989. The average Bonchev–Trinajstić information content (AvgIpc) is 3.94. The minimum Gasteiger partial charge on any atom is -0.299 e. The number of fused-ring (bicyclic) bond motifs is 12. The molecule has 0 saturated heterocycles. The summed E-state index contributed by atoms with van der Waals surface area (Å²) >= 11 is 1.87. The van der Waals surface area contributed by atoms with Gasteiger partial charge < -0.3 is 0 Å². The van der Waals surface area contributed by atoms with Crippen molar-refractivity contribution in [2.24, 2.45) is 0 Å². The molecule has 0 saturated carbocycles. The molecule has 4 aromatic heterocycles. The smallest absolute Gasteiger partial charge is 0.179 e. The molecule has 0 fully saturated rings. The zero-order valence-electron chi connectivity index (χ0n) is 32.7. The molecule has 6 heteroatoms. The van der Waals surface area contributed by atoms with Crippen molar-refractivity contribution >= 4 is 105 Å². The van der Waals surface area contributed by atoms with Crippen LogP contribution in [0.25, 0.3) is 47.5 Å². The highest BCUT2D eigenvalue weighted by Gasteiger charge is 2.44. The molecule has 280 valence electrons. The number of benzene rings is 7. The summed E-state index contributed by atoms with van der Waals surface area (Å²) in [6, 6.07) is 65.6. The van der Waals surface area contributed by atoms with Gasteiger partial charge in [-0.25, -0.2) is 9.97 Å². The molecule has 0 amide bonds. The first kappa shape index (κ1) is 34.2. The first-order chi connectivity index (χ1) is 29.0. The maximum absolute atomic E-state index is 5.22. The maximum atomic E-state index is 5.22. The van der Waals surface area contributed by atoms with Crippen molar-refractivity contribution < 1.29 is 0 Å². The second kappa shape index (κ2) is 12.8. The fourth-order valence-electron chi connectivity index (χ4n) is 10.2. The van der Waals surface area contributed by atoms with Gasteiger partial charge in [-0.1, -0.05) is 153 Å². The van der Waals surface area contributed by atoms with Crippen LogP contribution in [0.4, 0.5) is 17.2 Å². The van der Waals surface area contributed by atoms with E-state index in [0.717, 1.165) is 28.1 Å². The number of aromatic nitrogens is 3. The highest BCUT2D eigenvalue weighted by molar-refractivity contribution is 7.26. The lowest BCUT2D eigenvalue weighted by molar-refractivity contribution is 0.629. The lowest BCUT2D eigenvalue weighted by Crippen LogP contribution is -2.74. The van der Waals surface area contributed by atoms with Crippen LogP contribution in [0, 0.1) is 0 Å². The zero-order chi connectivity index (χ0) is 39.3. The molecule has 0 atom stereocenters. The number of pyridine rings is 2. The maximum Gasteiger partial charge on any atom is 0.179 e. The number of hydrogen-bond acceptors (Lipinski definition) is 4. The topological polar surface area (TPSA) is 33.4 Å². The molecule has 1 aliphatic rings. The predicted molar refractivity (Wildman–Crippen MR) is 251 cm³/mol. The summed E-state index contributed by atoms with van der Waals surface area (Å²) in [6.07, 6.45) is 5.96. The number of nitrogens with zero attached hydrogens (tertiary/aromatic N) is 4. The van der Waals surface area contributed by atoms with Gasteiger partial charge in [-0.2, -0.15) is 0 Å². The van der Waals surface area contributed by atoms with Crippen molar-refractivity contribution in [1.82, 2.24) is 14.4 Å². The van der Waals surface area contributed by atoms with Gasteiger partial charge in [0.05, 0.1) is 11.2 Å². The van der Waals surface area contributed by atoms with E-state index in [1.165, 1.54) is 68.5 Å². The van der Waals surface area contributed by atoms with E-state index >= 15 is 0 Å². The van der Waals surface area contributed by atoms with Crippen LogP contribution in [0.1, 0.15) is 25.0 Å². The molecular formula is C53H38N4SSi. The molecule has 0 radical (unpaired) electrons. The summed E-state index contributed by atoms with van der Waals surface area (Å²) in [7, 11) is -3.02. The van der Waals surface area contributed by atoms with Crippen molar-refractivity contribution in [3.63, 3.8) is 0 Å². The summed E-state index contributed by atoms with van der Waals surface area (Å²) in [5, 5.41) is 11.4. The monoisotopic (exact) mass is 790 g/mol. The Kier molecular flexibility index (Phi) is 7.43. The van der Waals surface area contributed by atoms with E-state index in [1.807, 2.05) is 23.7 Å². The molecule has 0 spiro atoms. The van der Waals surface area contributed by atoms with Crippen molar-refractivity contribution in [2.45, 2.75) is 19.3 Å². The first-order valence-corrected chi connectivity index (χ1v) is 23.0. The summed E-state index contributed by atoms with van der Waals surface area (Å²) in [5.74, 6) is 0.982. The third-order valence-corrected chi connectivity index (χ3v) is 18.7. The average molecular weight is 791 g/mol. The summed E-state index contributed by atoms with van der Waals surface area (Å²) in [6.45, 7) is 4.70. The summed E-state index contributed by atoms with van der Waals surface area (Å²) in [4.78, 5) is 12.7. The van der Waals surface area contributed by atoms with Gasteiger partial charge in [0.25, 0.3) is 0 Å². The van der Waals surface area contributed by atoms with Gasteiger partial charge in [0.15, 0.2) is 8.07 Å². The fraction of sp³-hybridized carbons (Fsp3) is 0.0566. The Bertz CT molecular complexity index is 3400. The molecule has 5 heterocycles. The lowest BCUT2D eigenvalue weighted by atomic mass is 9.74. The Hall–Kier alpha value is -6.86. The van der Waals surface area contributed by atoms with E-state index < -0.39 is 8.07 Å². The molecule has 1 aliphatic heterocycles. The van der Waals surface area contributed by atoms with Crippen molar-refractivity contribution in [3.8, 4) is 0 Å². The molecule has 11 aromatic rings. The van der Waals surface area contributed by atoms with E-state index in [4.69, 9.17) is 9.97 Å². The number of hydrogen-bond donors (Lipinski definition) is 0. The van der Waals surface area contributed by atoms with Gasteiger partial charge in [0.2, 0.25) is 0 Å². The molecule has 0 aliphatic carbocycles. The van der Waals surface area contributed by atoms with Gasteiger partial charge in [-0.3, -0.25) is 9.30 Å². The molecule has 0 bridgehead atoms. The third-order valence-electron chi connectivity index (χ3n) is 12.8. The number of imidazole rings is 1. The zero-order valence-corrected chi connectivity index (χ0v) is 34.5. The molecule has 0 N–H and O–H groups in total. The van der Waals surface area contributed by atoms with Crippen LogP contribution >= 0.6 is 11.3 Å². The van der Waals surface area contributed by atoms with Gasteiger partial charge >= 0.3 is 0 Å². The van der Waals surface area contributed by atoms with Gasteiger partial charge in [-0.15, -0.1) is 11.3 Å². The van der Waals surface area contributed by atoms with Crippen LogP contribution in [-0.2, 0) is 5.41 Å². The van der Waals surface area contributed by atoms with E-state index in [9.17, 15) is 0 Å². The van der Waals surface area contributed by atoms with Crippen molar-refractivity contribution in [2.75, 3.05) is 4.90 Å². The fourth-order valence-corrected chi connectivity index (χ4v) is 16.1. The lowest BCUT2D eigenvalue weighted by Gasteiger charge is -2.42. The Morgan fingerprint density at radius 3 is 2.03 bits per heavy atom.